The Bertz CT molecular complexity index is 412. The molecule has 1 rings (SSSR count). The molecule has 19 heavy (non-hydrogen) atoms. The summed E-state index contributed by atoms with van der Waals surface area (Å²) < 4.78 is 5.62. The maximum absolute atomic E-state index is 5.62. The molecule has 0 aliphatic carbocycles. The number of ether oxygens (including phenoxy) is 1. The van der Waals surface area contributed by atoms with Crippen molar-refractivity contribution < 1.29 is 4.74 Å². The lowest BCUT2D eigenvalue weighted by molar-refractivity contribution is 0.296. The fourth-order valence-electron chi connectivity index (χ4n) is 2.66. The van der Waals surface area contributed by atoms with Crippen molar-refractivity contribution in [3.8, 4) is 5.75 Å². The van der Waals surface area contributed by atoms with Crippen LogP contribution in [-0.2, 0) is 0 Å². The number of rotatable bonds is 6. The minimum absolute atomic E-state index is 0.348. The van der Waals surface area contributed by atoms with Crippen LogP contribution in [0.15, 0.2) is 12.1 Å². The van der Waals surface area contributed by atoms with Gasteiger partial charge in [-0.15, -0.1) is 0 Å². The molecule has 0 aliphatic heterocycles. The van der Waals surface area contributed by atoms with Crippen molar-refractivity contribution in [1.82, 2.24) is 5.32 Å². The topological polar surface area (TPSA) is 21.3 Å². The summed E-state index contributed by atoms with van der Waals surface area (Å²) in [6.07, 6.45) is 0. The van der Waals surface area contributed by atoms with E-state index in [2.05, 4.69) is 59.0 Å². The zero-order valence-electron chi connectivity index (χ0n) is 13.5. The molecule has 0 amide bonds. The summed E-state index contributed by atoms with van der Waals surface area (Å²) in [6.45, 7) is 14.3. The number of benzene rings is 1. The number of hydrogen-bond donors (Lipinski definition) is 1. The molecule has 0 aliphatic rings. The molecular weight excluding hydrogens is 234 g/mol. The first-order chi connectivity index (χ1) is 8.92. The van der Waals surface area contributed by atoms with Crippen molar-refractivity contribution in [3.63, 3.8) is 0 Å². The molecule has 0 saturated heterocycles. The SMILES string of the molecule is CCNC(c1c(C)cc(C)cc1OC)C(C)C(C)C. The Morgan fingerprint density at radius 1 is 1.16 bits per heavy atom. The average molecular weight is 263 g/mol. The van der Waals surface area contributed by atoms with Gasteiger partial charge in [0.05, 0.1) is 7.11 Å². The van der Waals surface area contributed by atoms with Crippen LogP contribution in [0.5, 0.6) is 5.75 Å². The summed E-state index contributed by atoms with van der Waals surface area (Å²) in [7, 11) is 1.76. The molecule has 2 nitrogen and oxygen atoms in total. The van der Waals surface area contributed by atoms with E-state index >= 15 is 0 Å². The van der Waals surface area contributed by atoms with Crippen LogP contribution in [0.3, 0.4) is 0 Å². The Morgan fingerprint density at radius 2 is 1.79 bits per heavy atom. The molecule has 0 aromatic heterocycles. The van der Waals surface area contributed by atoms with E-state index in [1.807, 2.05) is 0 Å². The smallest absolute Gasteiger partial charge is 0.124 e. The minimum atomic E-state index is 0.348. The maximum atomic E-state index is 5.62. The van der Waals surface area contributed by atoms with Gasteiger partial charge >= 0.3 is 0 Å². The second-order valence-electron chi connectivity index (χ2n) is 5.84. The average Bonchev–Trinajstić information content (AvgIpc) is 2.35. The summed E-state index contributed by atoms with van der Waals surface area (Å²) in [5, 5.41) is 3.64. The van der Waals surface area contributed by atoms with E-state index in [0.29, 0.717) is 17.9 Å². The van der Waals surface area contributed by atoms with E-state index in [1.54, 1.807) is 7.11 Å². The zero-order chi connectivity index (χ0) is 14.6. The Hall–Kier alpha value is -1.02. The van der Waals surface area contributed by atoms with E-state index in [1.165, 1.54) is 16.7 Å². The Kier molecular flexibility index (Phi) is 5.86. The van der Waals surface area contributed by atoms with Crippen molar-refractivity contribution in [2.45, 2.75) is 47.6 Å². The van der Waals surface area contributed by atoms with Crippen LogP contribution in [-0.4, -0.2) is 13.7 Å². The molecule has 2 heteroatoms. The largest absolute Gasteiger partial charge is 0.496 e. The van der Waals surface area contributed by atoms with E-state index < -0.39 is 0 Å². The predicted octanol–water partition coefficient (Wildman–Crippen LogP) is 4.25. The van der Waals surface area contributed by atoms with Gasteiger partial charge in [-0.25, -0.2) is 0 Å². The first kappa shape index (κ1) is 16.0. The molecule has 108 valence electrons. The normalized spacial score (nSPS) is 14.5. The van der Waals surface area contributed by atoms with Gasteiger partial charge in [-0.05, 0) is 49.4 Å². The van der Waals surface area contributed by atoms with Gasteiger partial charge in [-0.1, -0.05) is 33.8 Å². The summed E-state index contributed by atoms with van der Waals surface area (Å²) >= 11 is 0. The summed E-state index contributed by atoms with van der Waals surface area (Å²) in [5.74, 6) is 2.21. The minimum Gasteiger partial charge on any atom is -0.496 e. The summed E-state index contributed by atoms with van der Waals surface area (Å²) in [4.78, 5) is 0. The number of hydrogen-bond acceptors (Lipinski definition) is 2. The van der Waals surface area contributed by atoms with Crippen LogP contribution >= 0.6 is 0 Å². The van der Waals surface area contributed by atoms with E-state index in [0.717, 1.165) is 12.3 Å². The molecule has 0 heterocycles. The third-order valence-corrected chi connectivity index (χ3v) is 4.03. The van der Waals surface area contributed by atoms with Crippen LogP contribution in [0.2, 0.25) is 0 Å². The molecule has 2 atom stereocenters. The quantitative estimate of drug-likeness (QED) is 0.828. The molecule has 0 radical (unpaired) electrons. The molecule has 1 aromatic carbocycles. The number of nitrogens with one attached hydrogen (secondary N) is 1. The molecule has 0 bridgehead atoms. The Labute approximate surface area is 118 Å². The second-order valence-corrected chi connectivity index (χ2v) is 5.84. The fourth-order valence-corrected chi connectivity index (χ4v) is 2.66. The van der Waals surface area contributed by atoms with Crippen LogP contribution in [0.1, 0.15) is 50.4 Å². The monoisotopic (exact) mass is 263 g/mol. The first-order valence-corrected chi connectivity index (χ1v) is 7.30. The van der Waals surface area contributed by atoms with Crippen molar-refractivity contribution in [1.29, 1.82) is 0 Å². The molecular formula is C17H29NO. The standard InChI is InChI=1S/C17H29NO/c1-8-18-17(14(6)11(2)3)16-13(5)9-12(4)10-15(16)19-7/h9-11,14,17-18H,8H2,1-7H3. The van der Waals surface area contributed by atoms with Crippen LogP contribution in [0.4, 0.5) is 0 Å². The zero-order valence-corrected chi connectivity index (χ0v) is 13.5. The lowest BCUT2D eigenvalue weighted by Crippen LogP contribution is -2.30. The van der Waals surface area contributed by atoms with Crippen LogP contribution in [0.25, 0.3) is 0 Å². The molecule has 1 aromatic rings. The Balaban J connectivity index is 3.29. The number of methoxy groups -OCH3 is 1. The highest BCUT2D eigenvalue weighted by molar-refractivity contribution is 5.45. The number of aryl methyl sites for hydroxylation is 2. The van der Waals surface area contributed by atoms with E-state index in [9.17, 15) is 0 Å². The van der Waals surface area contributed by atoms with Crippen LogP contribution < -0.4 is 10.1 Å². The van der Waals surface area contributed by atoms with Gasteiger partial charge in [0, 0.05) is 11.6 Å². The Morgan fingerprint density at radius 3 is 2.26 bits per heavy atom. The van der Waals surface area contributed by atoms with Gasteiger partial charge in [0.1, 0.15) is 5.75 Å². The first-order valence-electron chi connectivity index (χ1n) is 7.30. The van der Waals surface area contributed by atoms with E-state index in [4.69, 9.17) is 4.74 Å². The lowest BCUT2D eigenvalue weighted by Gasteiger charge is -2.30. The highest BCUT2D eigenvalue weighted by Crippen LogP contribution is 2.36. The fraction of sp³-hybridized carbons (Fsp3) is 0.647. The van der Waals surface area contributed by atoms with Crippen LogP contribution in [0, 0.1) is 25.7 Å². The van der Waals surface area contributed by atoms with E-state index in [-0.39, 0.29) is 0 Å². The van der Waals surface area contributed by atoms with Gasteiger partial charge in [-0.3, -0.25) is 0 Å². The highest BCUT2D eigenvalue weighted by Gasteiger charge is 2.25. The van der Waals surface area contributed by atoms with Crippen molar-refractivity contribution >= 4 is 0 Å². The molecule has 2 unspecified atom stereocenters. The molecule has 0 fully saturated rings. The van der Waals surface area contributed by atoms with Crippen molar-refractivity contribution in [2.24, 2.45) is 11.8 Å². The van der Waals surface area contributed by atoms with Gasteiger partial charge in [0.2, 0.25) is 0 Å². The lowest BCUT2D eigenvalue weighted by atomic mass is 9.83. The highest BCUT2D eigenvalue weighted by atomic mass is 16.5. The molecule has 1 N–H and O–H groups in total. The van der Waals surface area contributed by atoms with Gasteiger partial charge in [0.15, 0.2) is 0 Å². The maximum Gasteiger partial charge on any atom is 0.124 e. The van der Waals surface area contributed by atoms with Gasteiger partial charge in [0.25, 0.3) is 0 Å². The summed E-state index contributed by atoms with van der Waals surface area (Å²) in [5.41, 5.74) is 3.89. The van der Waals surface area contributed by atoms with Gasteiger partial charge in [-0.2, -0.15) is 0 Å². The van der Waals surface area contributed by atoms with Crippen molar-refractivity contribution in [2.75, 3.05) is 13.7 Å². The summed E-state index contributed by atoms with van der Waals surface area (Å²) in [6, 6.07) is 4.73. The second kappa shape index (κ2) is 6.95. The third kappa shape index (κ3) is 3.73. The molecule has 0 saturated carbocycles. The van der Waals surface area contributed by atoms with Gasteiger partial charge < -0.3 is 10.1 Å². The van der Waals surface area contributed by atoms with Crippen molar-refractivity contribution in [3.05, 3.63) is 28.8 Å². The predicted molar refractivity (Wildman–Crippen MR) is 82.9 cm³/mol. The third-order valence-electron chi connectivity index (χ3n) is 4.03. The molecule has 0 spiro atoms.